The van der Waals surface area contributed by atoms with Crippen LogP contribution in [0, 0.1) is 17.3 Å². The normalized spacial score (nSPS) is 29.7. The number of carbonyl (C=O) groups is 3. The summed E-state index contributed by atoms with van der Waals surface area (Å²) in [6, 6.07) is -1.29. The number of allylic oxidation sites excluding steroid dienone is 1. The number of hydrogen-bond donors (Lipinski definition) is 1. The van der Waals surface area contributed by atoms with Gasteiger partial charge in [0, 0.05) is 17.3 Å². The van der Waals surface area contributed by atoms with E-state index in [-0.39, 0.29) is 35.1 Å². The van der Waals surface area contributed by atoms with Crippen molar-refractivity contribution < 1.29 is 24.2 Å². The molecule has 2 unspecified atom stereocenters. The zero-order valence-corrected chi connectivity index (χ0v) is 24.3. The second-order valence-electron chi connectivity index (χ2n) is 12.7. The average Bonchev–Trinajstić information content (AvgIpc) is 3.45. The minimum Gasteiger partial charge on any atom is -0.465 e. The number of aliphatic hydroxyl groups excluding tert-OH is 1. The van der Waals surface area contributed by atoms with Gasteiger partial charge in [-0.3, -0.25) is 14.4 Å². The van der Waals surface area contributed by atoms with Crippen LogP contribution in [-0.2, 0) is 19.1 Å². The van der Waals surface area contributed by atoms with Crippen LogP contribution < -0.4 is 0 Å². The Bertz CT molecular complexity index is 912. The number of fused-ring (bicyclic) bond motifs is 1. The van der Waals surface area contributed by atoms with Crippen LogP contribution >= 0.6 is 11.8 Å². The van der Waals surface area contributed by atoms with E-state index >= 15 is 0 Å². The van der Waals surface area contributed by atoms with E-state index in [1.165, 1.54) is 0 Å². The third-order valence-electron chi connectivity index (χ3n) is 8.05. The van der Waals surface area contributed by atoms with E-state index in [9.17, 15) is 19.5 Å². The zero-order chi connectivity index (χ0) is 27.8. The van der Waals surface area contributed by atoms with Crippen molar-refractivity contribution in [3.8, 4) is 0 Å². The van der Waals surface area contributed by atoms with E-state index < -0.39 is 34.2 Å². The van der Waals surface area contributed by atoms with Crippen molar-refractivity contribution in [3.05, 3.63) is 25.3 Å². The fraction of sp³-hybridized carbons (Fsp3) is 0.759. The van der Waals surface area contributed by atoms with Crippen LogP contribution in [0.1, 0.15) is 73.6 Å². The number of amides is 2. The molecule has 0 radical (unpaired) electrons. The summed E-state index contributed by atoms with van der Waals surface area (Å²) in [4.78, 5) is 45.3. The van der Waals surface area contributed by atoms with Crippen molar-refractivity contribution in [1.29, 1.82) is 0 Å². The molecule has 3 saturated heterocycles. The quantitative estimate of drug-likeness (QED) is 0.229. The Kier molecular flexibility index (Phi) is 8.95. The molecule has 0 aliphatic carbocycles. The summed E-state index contributed by atoms with van der Waals surface area (Å²) in [5.41, 5.74) is -0.505. The van der Waals surface area contributed by atoms with Gasteiger partial charge in [-0.15, -0.1) is 24.9 Å². The van der Waals surface area contributed by atoms with Gasteiger partial charge in [0.2, 0.25) is 11.8 Å². The first-order valence-electron chi connectivity index (χ1n) is 13.6. The van der Waals surface area contributed by atoms with Crippen LogP contribution in [0.3, 0.4) is 0 Å². The molecule has 0 saturated carbocycles. The number of thioether (sulfide) groups is 1. The molecule has 3 aliphatic heterocycles. The third kappa shape index (κ3) is 5.51. The van der Waals surface area contributed by atoms with E-state index in [1.807, 2.05) is 4.90 Å². The maximum absolute atomic E-state index is 14.6. The van der Waals surface area contributed by atoms with Crippen molar-refractivity contribution in [3.63, 3.8) is 0 Å². The third-order valence-corrected chi connectivity index (χ3v) is 10.0. The maximum Gasteiger partial charge on any atom is 0.310 e. The molecule has 6 atom stereocenters. The first kappa shape index (κ1) is 29.8. The van der Waals surface area contributed by atoms with Gasteiger partial charge in [-0.1, -0.05) is 32.9 Å². The fourth-order valence-electron chi connectivity index (χ4n) is 7.00. The minimum absolute atomic E-state index is 0.0192. The number of hydrogen-bond acceptors (Lipinski definition) is 6. The van der Waals surface area contributed by atoms with Gasteiger partial charge in [0.25, 0.3) is 0 Å². The molecular formula is C29H46N2O5S. The number of nitrogens with zero attached hydrogens (tertiary/aromatic N) is 2. The van der Waals surface area contributed by atoms with Gasteiger partial charge in [-0.05, 0) is 58.3 Å². The minimum atomic E-state index is -0.750. The zero-order valence-electron chi connectivity index (χ0n) is 23.5. The molecule has 3 heterocycles. The molecule has 3 fully saturated rings. The standard InChI is InChI=1S/C29H46N2O5S/c1-9-11-12-16-36-26(35)21-20-13-14-29(37-20)22(21)24(33)31(19(3)17-32)23(29)25(34)30(15-10-2)28(7,8)18-27(4,5)6/h9-10,19-23,32H,1-2,11-18H2,3-8H3/t19-,20-,21+,22+,23?,29?/m1/s1. The second-order valence-corrected chi connectivity index (χ2v) is 14.3. The van der Waals surface area contributed by atoms with Gasteiger partial charge in [0.1, 0.15) is 6.04 Å². The maximum atomic E-state index is 14.6. The highest BCUT2D eigenvalue weighted by Gasteiger charge is 2.74. The highest BCUT2D eigenvalue weighted by molar-refractivity contribution is 8.02. The molecule has 3 aliphatic rings. The molecular weight excluding hydrogens is 488 g/mol. The molecule has 0 aromatic carbocycles. The first-order chi connectivity index (χ1) is 17.3. The van der Waals surface area contributed by atoms with E-state index in [2.05, 4.69) is 47.8 Å². The van der Waals surface area contributed by atoms with Crippen LogP contribution in [0.5, 0.6) is 0 Å². The highest BCUT2D eigenvalue weighted by Crippen LogP contribution is 2.67. The predicted octanol–water partition coefficient (Wildman–Crippen LogP) is 4.20. The number of aliphatic hydroxyl groups is 1. The number of carbonyl (C=O) groups excluding carboxylic acids is 3. The summed E-state index contributed by atoms with van der Waals surface area (Å²) < 4.78 is 4.91. The fourth-order valence-corrected chi connectivity index (χ4v) is 9.19. The summed E-state index contributed by atoms with van der Waals surface area (Å²) in [5, 5.41) is 10.1. The van der Waals surface area contributed by atoms with Crippen LogP contribution in [0.2, 0.25) is 0 Å². The summed E-state index contributed by atoms with van der Waals surface area (Å²) in [6.07, 6.45) is 7.18. The van der Waals surface area contributed by atoms with Crippen LogP contribution in [0.4, 0.5) is 0 Å². The Morgan fingerprint density at radius 2 is 1.95 bits per heavy atom. The van der Waals surface area contributed by atoms with Gasteiger partial charge in [0.05, 0.1) is 35.8 Å². The molecule has 2 amide bonds. The van der Waals surface area contributed by atoms with E-state index in [0.717, 1.165) is 19.3 Å². The lowest BCUT2D eigenvalue weighted by Crippen LogP contribution is -2.61. The van der Waals surface area contributed by atoms with Crippen molar-refractivity contribution in [2.24, 2.45) is 17.3 Å². The Balaban J connectivity index is 2.01. The van der Waals surface area contributed by atoms with Crippen molar-refractivity contribution in [2.45, 2.75) is 101 Å². The molecule has 2 bridgehead atoms. The summed E-state index contributed by atoms with van der Waals surface area (Å²) in [5.74, 6) is -1.88. The van der Waals surface area contributed by atoms with Crippen LogP contribution in [-0.4, -0.2) is 80.1 Å². The number of esters is 1. The Labute approximate surface area is 227 Å². The summed E-state index contributed by atoms with van der Waals surface area (Å²) >= 11 is 1.63. The Morgan fingerprint density at radius 3 is 2.51 bits per heavy atom. The Hall–Kier alpha value is -1.80. The highest BCUT2D eigenvalue weighted by atomic mass is 32.2. The molecule has 37 heavy (non-hydrogen) atoms. The van der Waals surface area contributed by atoms with Gasteiger partial charge in [0.15, 0.2) is 0 Å². The van der Waals surface area contributed by atoms with Crippen molar-refractivity contribution >= 4 is 29.5 Å². The number of rotatable bonds is 12. The molecule has 0 aromatic rings. The second kappa shape index (κ2) is 11.1. The predicted molar refractivity (Wildman–Crippen MR) is 148 cm³/mol. The van der Waals surface area contributed by atoms with Gasteiger partial charge >= 0.3 is 5.97 Å². The van der Waals surface area contributed by atoms with E-state index in [4.69, 9.17) is 4.74 Å². The average molecular weight is 535 g/mol. The largest absolute Gasteiger partial charge is 0.465 e. The van der Waals surface area contributed by atoms with E-state index in [0.29, 0.717) is 26.0 Å². The molecule has 0 aromatic heterocycles. The van der Waals surface area contributed by atoms with E-state index in [1.54, 1.807) is 35.7 Å². The lowest BCUT2D eigenvalue weighted by Gasteiger charge is -2.46. The summed E-state index contributed by atoms with van der Waals surface area (Å²) in [6.45, 7) is 20.4. The molecule has 1 spiro atoms. The van der Waals surface area contributed by atoms with Crippen LogP contribution in [0.15, 0.2) is 25.3 Å². The molecule has 208 valence electrons. The molecule has 8 heteroatoms. The molecule has 3 rings (SSSR count). The topological polar surface area (TPSA) is 87.1 Å². The lowest BCUT2D eigenvalue weighted by molar-refractivity contribution is -0.154. The molecule has 7 nitrogen and oxygen atoms in total. The smallest absolute Gasteiger partial charge is 0.310 e. The van der Waals surface area contributed by atoms with Crippen LogP contribution in [0.25, 0.3) is 0 Å². The van der Waals surface area contributed by atoms with Gasteiger partial charge < -0.3 is 19.6 Å². The number of ether oxygens (including phenoxy) is 1. The summed E-state index contributed by atoms with van der Waals surface area (Å²) in [7, 11) is 0. The van der Waals surface area contributed by atoms with Crippen molar-refractivity contribution in [1.82, 2.24) is 9.80 Å². The first-order valence-corrected chi connectivity index (χ1v) is 14.4. The van der Waals surface area contributed by atoms with Crippen molar-refractivity contribution in [2.75, 3.05) is 19.8 Å². The Morgan fingerprint density at radius 1 is 1.27 bits per heavy atom. The number of likely N-dealkylation sites (tertiary alicyclic amines) is 1. The van der Waals surface area contributed by atoms with Gasteiger partial charge in [-0.25, -0.2) is 0 Å². The van der Waals surface area contributed by atoms with Gasteiger partial charge in [-0.2, -0.15) is 0 Å². The SMILES string of the molecule is C=CCCCOC(=O)[C@@H]1[C@H]2C(=O)N([C@H](C)CO)C(C(=O)N(CC=C)C(C)(C)CC(C)(C)C)C23CC[C@H]1S3. The monoisotopic (exact) mass is 534 g/mol. The molecule has 1 N–H and O–H groups in total. The lowest BCUT2D eigenvalue weighted by atomic mass is 9.71. The number of unbranched alkanes of at least 4 members (excludes halogenated alkanes) is 1.